The van der Waals surface area contributed by atoms with E-state index >= 15 is 0 Å². The third-order valence-electron chi connectivity index (χ3n) is 3.90. The summed E-state index contributed by atoms with van der Waals surface area (Å²) in [5, 5.41) is 8.67. The number of benzene rings is 2. The van der Waals surface area contributed by atoms with Crippen LogP contribution < -0.4 is 14.2 Å². The van der Waals surface area contributed by atoms with Crippen LogP contribution in [-0.4, -0.2) is 46.4 Å². The standard InChI is InChI=1S/C19H20F3NO7S/c1-12-9-14(4-6-16(12)30-11-18(24)25)31(26,27)23-15-10-13(19(20,21)22)3-5-17(15)29-8-7-28-2/h3-6,9-10,23H,7-8,11H2,1-2H3,(H,24,25). The first kappa shape index (κ1) is 24.3. The summed E-state index contributed by atoms with van der Waals surface area (Å²) >= 11 is 0. The Morgan fingerprint density at radius 2 is 1.74 bits per heavy atom. The van der Waals surface area contributed by atoms with Gasteiger partial charge in [-0.3, -0.25) is 4.72 Å². The third kappa shape index (κ3) is 6.76. The number of carbonyl (C=O) groups is 1. The summed E-state index contributed by atoms with van der Waals surface area (Å²) in [7, 11) is -2.89. The van der Waals surface area contributed by atoms with Gasteiger partial charge in [0.15, 0.2) is 6.61 Å². The second-order valence-corrected chi connectivity index (χ2v) is 7.95. The Morgan fingerprint density at radius 1 is 1.06 bits per heavy atom. The zero-order valence-electron chi connectivity index (χ0n) is 16.5. The molecule has 0 fully saturated rings. The lowest BCUT2D eigenvalue weighted by atomic mass is 10.2. The number of aryl methyl sites for hydroxylation is 1. The van der Waals surface area contributed by atoms with E-state index in [0.29, 0.717) is 11.6 Å². The summed E-state index contributed by atoms with van der Waals surface area (Å²) in [6.45, 7) is 1.02. The van der Waals surface area contributed by atoms with Crippen molar-refractivity contribution < 1.29 is 45.7 Å². The quantitative estimate of drug-likeness (QED) is 0.520. The lowest BCUT2D eigenvalue weighted by Crippen LogP contribution is -2.16. The van der Waals surface area contributed by atoms with Crippen molar-refractivity contribution in [2.24, 2.45) is 0 Å². The molecule has 2 N–H and O–H groups in total. The molecular weight excluding hydrogens is 443 g/mol. The number of anilines is 1. The second-order valence-electron chi connectivity index (χ2n) is 6.27. The first-order valence-corrected chi connectivity index (χ1v) is 10.2. The van der Waals surface area contributed by atoms with E-state index in [1.54, 1.807) is 0 Å². The highest BCUT2D eigenvalue weighted by Gasteiger charge is 2.32. The number of aliphatic carboxylic acids is 1. The number of hydrogen-bond acceptors (Lipinski definition) is 6. The second kappa shape index (κ2) is 9.88. The van der Waals surface area contributed by atoms with Crippen LogP contribution in [0.1, 0.15) is 11.1 Å². The van der Waals surface area contributed by atoms with E-state index in [0.717, 1.165) is 18.2 Å². The lowest BCUT2D eigenvalue weighted by molar-refractivity contribution is -0.139. The van der Waals surface area contributed by atoms with Gasteiger partial charge in [0.1, 0.15) is 18.1 Å². The molecule has 31 heavy (non-hydrogen) atoms. The average Bonchev–Trinajstić information content (AvgIpc) is 2.67. The fraction of sp³-hybridized carbons (Fsp3) is 0.316. The van der Waals surface area contributed by atoms with Crippen molar-refractivity contribution in [3.8, 4) is 11.5 Å². The van der Waals surface area contributed by atoms with E-state index in [9.17, 15) is 26.4 Å². The summed E-state index contributed by atoms with van der Waals surface area (Å²) < 4.78 is 82.1. The summed E-state index contributed by atoms with van der Waals surface area (Å²) in [5.74, 6) is -1.15. The largest absolute Gasteiger partial charge is 0.489 e. The minimum Gasteiger partial charge on any atom is -0.489 e. The topological polar surface area (TPSA) is 111 Å². The van der Waals surface area contributed by atoms with Crippen molar-refractivity contribution >= 4 is 21.7 Å². The summed E-state index contributed by atoms with van der Waals surface area (Å²) in [5.41, 5.74) is -1.13. The number of rotatable bonds is 10. The minimum atomic E-state index is -4.69. The summed E-state index contributed by atoms with van der Waals surface area (Å²) in [4.78, 5) is 10.4. The fourth-order valence-electron chi connectivity index (χ4n) is 2.44. The lowest BCUT2D eigenvalue weighted by Gasteiger charge is -2.16. The van der Waals surface area contributed by atoms with Gasteiger partial charge < -0.3 is 19.3 Å². The number of carboxylic acid groups (broad SMARTS) is 1. The zero-order chi connectivity index (χ0) is 23.2. The van der Waals surface area contributed by atoms with Gasteiger partial charge in [0.2, 0.25) is 0 Å². The van der Waals surface area contributed by atoms with Gasteiger partial charge in [0.25, 0.3) is 10.0 Å². The fourth-order valence-corrected chi connectivity index (χ4v) is 3.59. The van der Waals surface area contributed by atoms with Crippen molar-refractivity contribution in [1.82, 2.24) is 0 Å². The highest BCUT2D eigenvalue weighted by molar-refractivity contribution is 7.92. The highest BCUT2D eigenvalue weighted by atomic mass is 32.2. The molecule has 0 saturated heterocycles. The van der Waals surface area contributed by atoms with Crippen LogP contribution in [0, 0.1) is 6.92 Å². The van der Waals surface area contributed by atoms with Crippen LogP contribution in [0.3, 0.4) is 0 Å². The van der Waals surface area contributed by atoms with Gasteiger partial charge in [0, 0.05) is 7.11 Å². The van der Waals surface area contributed by atoms with Gasteiger partial charge in [0.05, 0.1) is 22.8 Å². The maximum atomic E-state index is 13.1. The Bertz CT molecular complexity index is 1040. The molecule has 0 amide bonds. The molecule has 0 aliphatic rings. The predicted molar refractivity (Wildman–Crippen MR) is 104 cm³/mol. The molecule has 2 aromatic rings. The van der Waals surface area contributed by atoms with Gasteiger partial charge in [-0.1, -0.05) is 0 Å². The molecule has 0 radical (unpaired) electrons. The maximum Gasteiger partial charge on any atom is 0.416 e. The molecule has 2 aromatic carbocycles. The van der Waals surface area contributed by atoms with Crippen molar-refractivity contribution in [2.45, 2.75) is 18.0 Å². The number of hydrogen-bond donors (Lipinski definition) is 2. The molecule has 0 unspecified atom stereocenters. The Hall–Kier alpha value is -2.99. The normalized spacial score (nSPS) is 11.8. The van der Waals surface area contributed by atoms with E-state index in [-0.39, 0.29) is 29.6 Å². The zero-order valence-corrected chi connectivity index (χ0v) is 17.3. The van der Waals surface area contributed by atoms with Crippen molar-refractivity contribution in [1.29, 1.82) is 0 Å². The van der Waals surface area contributed by atoms with Crippen molar-refractivity contribution in [2.75, 3.05) is 31.7 Å². The Labute approximate surface area is 176 Å². The number of ether oxygens (including phenoxy) is 3. The molecule has 12 heteroatoms. The minimum absolute atomic E-state index is 0.00862. The smallest absolute Gasteiger partial charge is 0.416 e. The number of halogens is 3. The Balaban J connectivity index is 2.35. The molecule has 0 heterocycles. The van der Waals surface area contributed by atoms with Gasteiger partial charge in [-0.05, 0) is 48.9 Å². The van der Waals surface area contributed by atoms with Crippen LogP contribution in [0.5, 0.6) is 11.5 Å². The van der Waals surface area contributed by atoms with E-state index in [1.807, 2.05) is 0 Å². The number of sulfonamides is 1. The van der Waals surface area contributed by atoms with E-state index in [2.05, 4.69) is 4.72 Å². The molecule has 0 atom stereocenters. The Morgan fingerprint density at radius 3 is 2.32 bits per heavy atom. The van der Waals surface area contributed by atoms with Gasteiger partial charge in [-0.25, -0.2) is 13.2 Å². The SMILES string of the molecule is COCCOc1ccc(C(F)(F)F)cc1NS(=O)(=O)c1ccc(OCC(=O)O)c(C)c1. The average molecular weight is 463 g/mol. The van der Waals surface area contributed by atoms with Crippen molar-refractivity contribution in [3.05, 3.63) is 47.5 Å². The Kier molecular flexibility index (Phi) is 7.74. The molecule has 0 aromatic heterocycles. The van der Waals surface area contributed by atoms with Crippen molar-refractivity contribution in [3.63, 3.8) is 0 Å². The first-order chi connectivity index (χ1) is 14.4. The van der Waals surface area contributed by atoms with E-state index in [4.69, 9.17) is 19.3 Å². The van der Waals surface area contributed by atoms with Crippen LogP contribution in [0.2, 0.25) is 0 Å². The number of nitrogens with one attached hydrogen (secondary N) is 1. The molecular formula is C19H20F3NO7S. The molecule has 170 valence electrons. The number of alkyl halides is 3. The molecule has 8 nitrogen and oxygen atoms in total. The van der Waals surface area contributed by atoms with Crippen LogP contribution >= 0.6 is 0 Å². The number of methoxy groups -OCH3 is 1. The van der Waals surface area contributed by atoms with Gasteiger partial charge in [-0.2, -0.15) is 13.2 Å². The molecule has 0 saturated carbocycles. The molecule has 2 rings (SSSR count). The first-order valence-electron chi connectivity index (χ1n) is 8.75. The third-order valence-corrected chi connectivity index (χ3v) is 5.27. The molecule has 0 bridgehead atoms. The highest BCUT2D eigenvalue weighted by Crippen LogP contribution is 2.36. The van der Waals surface area contributed by atoms with Crippen LogP contribution in [0.4, 0.5) is 18.9 Å². The maximum absolute atomic E-state index is 13.1. The van der Waals surface area contributed by atoms with Gasteiger partial charge in [-0.15, -0.1) is 0 Å². The summed E-state index contributed by atoms with van der Waals surface area (Å²) in [6.07, 6.45) is -4.69. The van der Waals surface area contributed by atoms with Gasteiger partial charge >= 0.3 is 12.1 Å². The molecule has 0 aliphatic heterocycles. The van der Waals surface area contributed by atoms with Crippen LogP contribution in [0.25, 0.3) is 0 Å². The predicted octanol–water partition coefficient (Wildman–Crippen LogP) is 3.30. The molecule has 0 spiro atoms. The molecule has 0 aliphatic carbocycles. The monoisotopic (exact) mass is 463 g/mol. The summed E-state index contributed by atoms with van der Waals surface area (Å²) in [6, 6.07) is 6.04. The van der Waals surface area contributed by atoms with Crippen LogP contribution in [-0.2, 0) is 25.7 Å². The van der Waals surface area contributed by atoms with E-state index < -0.39 is 40.0 Å². The number of carboxylic acids is 1. The van der Waals surface area contributed by atoms with E-state index in [1.165, 1.54) is 26.2 Å². The van der Waals surface area contributed by atoms with Crippen LogP contribution in [0.15, 0.2) is 41.3 Å².